The van der Waals surface area contributed by atoms with E-state index in [0.717, 1.165) is 47.9 Å². The number of ether oxygens (including phenoxy) is 3. The van der Waals surface area contributed by atoms with Crippen molar-refractivity contribution in [1.29, 1.82) is 0 Å². The lowest BCUT2D eigenvalue weighted by Gasteiger charge is -2.72. The Balaban J connectivity index is 1.10. The van der Waals surface area contributed by atoms with E-state index in [-0.39, 0.29) is 35.9 Å². The summed E-state index contributed by atoms with van der Waals surface area (Å²) in [6.45, 7) is 13.0. The van der Waals surface area contributed by atoms with Crippen molar-refractivity contribution in [1.82, 2.24) is 0 Å². The number of aliphatic hydroxyl groups is 3. The zero-order chi connectivity index (χ0) is 47.1. The van der Waals surface area contributed by atoms with Crippen LogP contribution >= 0.6 is 0 Å². The lowest BCUT2D eigenvalue weighted by molar-refractivity contribution is -0.263. The summed E-state index contributed by atoms with van der Waals surface area (Å²) in [5.74, 6) is -1.82. The highest BCUT2D eigenvalue weighted by atomic mass is 16.6. The zero-order valence-electron chi connectivity index (χ0n) is 39.4. The van der Waals surface area contributed by atoms with Gasteiger partial charge in [-0.05, 0) is 114 Å². The molecule has 4 saturated carbocycles. The molecule has 0 spiro atoms. The minimum absolute atomic E-state index is 0.0639. The highest BCUT2D eigenvalue weighted by Crippen LogP contribution is 2.76. The molecule has 5 aliphatic rings. The smallest absolute Gasteiger partial charge is 0.331 e. The van der Waals surface area contributed by atoms with Gasteiger partial charge < -0.3 is 29.5 Å². The molecule has 3 unspecified atom stereocenters. The zero-order valence-corrected chi connectivity index (χ0v) is 39.4. The molecule has 3 aromatic rings. The molecule has 4 fully saturated rings. The third-order valence-electron chi connectivity index (χ3n) is 17.7. The Hall–Kier alpha value is -5.09. The second-order valence-electron chi connectivity index (χ2n) is 21.7. The SMILES string of the molecule is CC1(C)CC2C3=CCC4[C@@]5(C)CC[C@H](O)[C@](C)(COC(=O)C=Cc6ccccc6)C5CC[C@@]4(C)[C@]3(C)C[C@@H](O)[C@@]2(COC(=O)C=Cc2ccccc2)[C@@H](O)[C@@H]1OC(=O)C=Cc1ccccc1. The first-order valence-electron chi connectivity index (χ1n) is 23.9. The van der Waals surface area contributed by atoms with Crippen LogP contribution in [-0.4, -0.2) is 70.9 Å². The summed E-state index contributed by atoms with van der Waals surface area (Å²) >= 11 is 0. The average Bonchev–Trinajstić information content (AvgIpc) is 3.30. The molecule has 350 valence electrons. The van der Waals surface area contributed by atoms with E-state index in [9.17, 15) is 29.7 Å². The van der Waals surface area contributed by atoms with Crippen molar-refractivity contribution in [3.05, 3.63) is 138 Å². The van der Waals surface area contributed by atoms with E-state index in [0.29, 0.717) is 19.3 Å². The Kier molecular flexibility index (Phi) is 13.1. The molecule has 9 nitrogen and oxygen atoms in total. The maximum atomic E-state index is 13.6. The van der Waals surface area contributed by atoms with Gasteiger partial charge in [0, 0.05) is 29.1 Å². The highest BCUT2D eigenvalue weighted by molar-refractivity contribution is 5.88. The van der Waals surface area contributed by atoms with Crippen molar-refractivity contribution in [2.45, 2.75) is 111 Å². The summed E-state index contributed by atoms with van der Waals surface area (Å²) in [6.07, 6.45) is 12.0. The van der Waals surface area contributed by atoms with Gasteiger partial charge in [0.2, 0.25) is 0 Å². The molecule has 0 radical (unpaired) electrons. The molecule has 3 N–H and O–H groups in total. The number of rotatable bonds is 11. The Morgan fingerprint density at radius 2 is 1.14 bits per heavy atom. The van der Waals surface area contributed by atoms with E-state index in [4.69, 9.17) is 14.2 Å². The molecule has 0 bridgehead atoms. The van der Waals surface area contributed by atoms with Gasteiger partial charge in [0.05, 0.1) is 24.2 Å². The molecular weight excluding hydrogens is 829 g/mol. The van der Waals surface area contributed by atoms with E-state index >= 15 is 0 Å². The molecule has 3 aromatic carbocycles. The van der Waals surface area contributed by atoms with E-state index < -0.39 is 69.9 Å². The van der Waals surface area contributed by atoms with Gasteiger partial charge in [-0.3, -0.25) is 0 Å². The summed E-state index contributed by atoms with van der Waals surface area (Å²) in [6, 6.07) is 28.5. The van der Waals surface area contributed by atoms with Crippen LogP contribution in [0.15, 0.2) is 121 Å². The Morgan fingerprint density at radius 1 is 0.621 bits per heavy atom. The Bertz CT molecular complexity index is 2370. The summed E-state index contributed by atoms with van der Waals surface area (Å²) in [7, 11) is 0. The number of benzene rings is 3. The molecule has 0 amide bonds. The lowest BCUT2D eigenvalue weighted by Crippen LogP contribution is -2.72. The van der Waals surface area contributed by atoms with Crippen LogP contribution in [0, 0.1) is 50.2 Å². The molecule has 9 heteroatoms. The number of carbonyl (C=O) groups excluding carboxylic acids is 3. The average molecular weight is 897 g/mol. The van der Waals surface area contributed by atoms with Crippen LogP contribution in [0.1, 0.15) is 103 Å². The molecule has 0 heterocycles. The second kappa shape index (κ2) is 18.2. The van der Waals surface area contributed by atoms with Crippen molar-refractivity contribution in [2.24, 2.45) is 50.2 Å². The fraction of sp³-hybridized carbons (Fsp3) is 0.491. The van der Waals surface area contributed by atoms with Crippen LogP contribution in [0.5, 0.6) is 0 Å². The summed E-state index contributed by atoms with van der Waals surface area (Å²) in [4.78, 5) is 40.2. The van der Waals surface area contributed by atoms with Crippen molar-refractivity contribution in [3.8, 4) is 0 Å². The Labute approximate surface area is 390 Å². The fourth-order valence-electron chi connectivity index (χ4n) is 14.0. The number of esters is 3. The number of carbonyl (C=O) groups is 3. The maximum Gasteiger partial charge on any atom is 0.331 e. The predicted octanol–water partition coefficient (Wildman–Crippen LogP) is 9.82. The molecule has 0 aromatic heterocycles. The molecule has 5 aliphatic carbocycles. The monoisotopic (exact) mass is 896 g/mol. The van der Waals surface area contributed by atoms with Crippen LogP contribution in [0.4, 0.5) is 0 Å². The number of allylic oxidation sites excluding steroid dienone is 2. The Morgan fingerprint density at radius 3 is 1.68 bits per heavy atom. The first-order chi connectivity index (χ1) is 31.4. The summed E-state index contributed by atoms with van der Waals surface area (Å²) in [5, 5.41) is 37.5. The van der Waals surface area contributed by atoms with Crippen molar-refractivity contribution in [3.63, 3.8) is 0 Å². The minimum atomic E-state index is -1.39. The van der Waals surface area contributed by atoms with Crippen LogP contribution in [0.3, 0.4) is 0 Å². The van der Waals surface area contributed by atoms with Gasteiger partial charge >= 0.3 is 17.9 Å². The minimum Gasteiger partial charge on any atom is -0.462 e. The topological polar surface area (TPSA) is 140 Å². The molecule has 8 rings (SSSR count). The van der Waals surface area contributed by atoms with Gasteiger partial charge in [0.15, 0.2) is 0 Å². The van der Waals surface area contributed by atoms with Gasteiger partial charge in [-0.25, -0.2) is 14.4 Å². The summed E-state index contributed by atoms with van der Waals surface area (Å²) in [5.41, 5.74) is -0.128. The standard InChI is InChI=1S/C57H68O9/c1-52(2)34-42-41-25-26-44-53(3)32-31-45(58)54(4,36-64-47(60)27-22-38-16-10-7-11-17-38)43(53)30-33-55(44,5)56(41,6)35-46(59)57(42,37-65-48(61)28-23-39-18-12-8-13-19-39)50(63)51(52)66-49(62)29-24-40-20-14-9-15-21-40/h7-25,27-29,42-46,50-51,58-59,63H,26,30-37H2,1-6H3/t42?,43?,44?,45-,46+,50-,51-,53-,54+,55+,56+,57-/m0/s1. The van der Waals surface area contributed by atoms with E-state index in [2.05, 4.69) is 33.8 Å². The van der Waals surface area contributed by atoms with Gasteiger partial charge in [0.25, 0.3) is 0 Å². The summed E-state index contributed by atoms with van der Waals surface area (Å²) < 4.78 is 18.2. The van der Waals surface area contributed by atoms with Gasteiger partial charge in [-0.15, -0.1) is 0 Å². The lowest BCUT2D eigenvalue weighted by atomic mass is 9.33. The van der Waals surface area contributed by atoms with Gasteiger partial charge in [0.1, 0.15) is 18.8 Å². The number of fused-ring (bicyclic) bond motifs is 7. The third-order valence-corrected chi connectivity index (χ3v) is 17.7. The number of aliphatic hydroxyl groups excluding tert-OH is 3. The molecule has 0 saturated heterocycles. The predicted molar refractivity (Wildman–Crippen MR) is 256 cm³/mol. The first-order valence-corrected chi connectivity index (χ1v) is 23.9. The second-order valence-corrected chi connectivity index (χ2v) is 21.7. The van der Waals surface area contributed by atoms with E-state index in [1.807, 2.05) is 105 Å². The first kappa shape index (κ1) is 47.4. The normalized spacial score (nSPS) is 36.9. The quantitative estimate of drug-likeness (QED) is 0.0743. The third kappa shape index (κ3) is 8.34. The molecule has 0 aliphatic heterocycles. The largest absolute Gasteiger partial charge is 0.462 e. The fourth-order valence-corrected chi connectivity index (χ4v) is 14.0. The number of hydrogen-bond donors (Lipinski definition) is 3. The van der Waals surface area contributed by atoms with Crippen LogP contribution < -0.4 is 0 Å². The van der Waals surface area contributed by atoms with Crippen LogP contribution in [0.25, 0.3) is 18.2 Å². The maximum absolute atomic E-state index is 13.6. The molecular formula is C57H68O9. The van der Waals surface area contributed by atoms with Gasteiger partial charge in [-0.1, -0.05) is 144 Å². The van der Waals surface area contributed by atoms with Gasteiger partial charge in [-0.2, -0.15) is 0 Å². The molecule has 66 heavy (non-hydrogen) atoms. The van der Waals surface area contributed by atoms with Crippen LogP contribution in [-0.2, 0) is 28.6 Å². The van der Waals surface area contributed by atoms with E-state index in [1.165, 1.54) is 18.2 Å². The van der Waals surface area contributed by atoms with Crippen molar-refractivity contribution < 1.29 is 43.9 Å². The van der Waals surface area contributed by atoms with Crippen LogP contribution in [0.2, 0.25) is 0 Å². The number of hydrogen-bond acceptors (Lipinski definition) is 9. The molecule has 12 atom stereocenters. The van der Waals surface area contributed by atoms with E-state index in [1.54, 1.807) is 18.2 Å². The highest BCUT2D eigenvalue weighted by Gasteiger charge is 2.73. The van der Waals surface area contributed by atoms with Crippen molar-refractivity contribution >= 4 is 36.1 Å². The van der Waals surface area contributed by atoms with Crippen molar-refractivity contribution in [2.75, 3.05) is 13.2 Å².